The Morgan fingerprint density at radius 2 is 1.72 bits per heavy atom. The summed E-state index contributed by atoms with van der Waals surface area (Å²) in [5, 5.41) is 3.20. The van der Waals surface area contributed by atoms with E-state index in [4.69, 9.17) is 0 Å². The number of nitrogens with one attached hydrogen (secondary N) is 1. The summed E-state index contributed by atoms with van der Waals surface area (Å²) >= 11 is 0. The van der Waals surface area contributed by atoms with Crippen LogP contribution in [0.25, 0.3) is 0 Å². The molecule has 2 fully saturated rings. The Morgan fingerprint density at radius 3 is 2.33 bits per heavy atom. The highest BCUT2D eigenvalue weighted by Gasteiger charge is 2.39. The van der Waals surface area contributed by atoms with Crippen LogP contribution in [0.2, 0.25) is 0 Å². The molecule has 2 heterocycles. The van der Waals surface area contributed by atoms with Crippen molar-refractivity contribution in [2.45, 2.75) is 51.1 Å². The molecule has 2 atom stereocenters. The smallest absolute Gasteiger partial charge is 0.282 e. The number of rotatable bonds is 4. The van der Waals surface area contributed by atoms with E-state index in [-0.39, 0.29) is 12.1 Å². The number of hydrogen-bond donors (Lipinski definition) is 1. The Hall–Kier alpha value is -0.170. The van der Waals surface area contributed by atoms with E-state index in [0.29, 0.717) is 19.6 Å². The maximum Gasteiger partial charge on any atom is 0.282 e. The maximum absolute atomic E-state index is 12.6. The van der Waals surface area contributed by atoms with Crippen LogP contribution in [0.15, 0.2) is 0 Å². The summed E-state index contributed by atoms with van der Waals surface area (Å²) in [6.45, 7) is 4.14. The Morgan fingerprint density at radius 1 is 1.11 bits per heavy atom. The van der Waals surface area contributed by atoms with E-state index in [2.05, 4.69) is 12.2 Å². The molecule has 2 saturated heterocycles. The van der Waals surface area contributed by atoms with Gasteiger partial charge in [-0.15, -0.1) is 0 Å². The van der Waals surface area contributed by atoms with E-state index in [1.165, 1.54) is 0 Å². The molecular weight excluding hydrogens is 250 g/mol. The minimum absolute atomic E-state index is 0.106. The van der Waals surface area contributed by atoms with Crippen molar-refractivity contribution < 1.29 is 8.42 Å². The van der Waals surface area contributed by atoms with Crippen LogP contribution >= 0.6 is 0 Å². The second kappa shape index (κ2) is 5.86. The zero-order valence-corrected chi connectivity index (χ0v) is 12.2. The first kappa shape index (κ1) is 14.2. The van der Waals surface area contributed by atoms with Gasteiger partial charge in [-0.25, -0.2) is 0 Å². The summed E-state index contributed by atoms with van der Waals surface area (Å²) in [5.74, 6) is 0. The average molecular weight is 275 g/mol. The molecule has 2 aliphatic rings. The second-order valence-corrected chi connectivity index (χ2v) is 7.25. The summed E-state index contributed by atoms with van der Waals surface area (Å²) < 4.78 is 28.7. The maximum atomic E-state index is 12.6. The molecule has 2 aliphatic heterocycles. The van der Waals surface area contributed by atoms with Gasteiger partial charge in [0, 0.05) is 31.7 Å². The van der Waals surface area contributed by atoms with Gasteiger partial charge in [-0.2, -0.15) is 17.0 Å². The van der Waals surface area contributed by atoms with Gasteiger partial charge in [0.1, 0.15) is 0 Å². The Labute approximate surface area is 111 Å². The summed E-state index contributed by atoms with van der Waals surface area (Å²) in [4.78, 5) is 0. The summed E-state index contributed by atoms with van der Waals surface area (Å²) in [5.41, 5.74) is 0. The van der Waals surface area contributed by atoms with Gasteiger partial charge in [0.15, 0.2) is 0 Å². The van der Waals surface area contributed by atoms with Crippen molar-refractivity contribution in [3.63, 3.8) is 0 Å². The van der Waals surface area contributed by atoms with E-state index in [0.717, 1.165) is 32.1 Å². The van der Waals surface area contributed by atoms with Crippen LogP contribution in [0.4, 0.5) is 0 Å². The molecule has 0 saturated carbocycles. The molecular formula is C12H25N3O2S. The van der Waals surface area contributed by atoms with Gasteiger partial charge in [0.2, 0.25) is 0 Å². The van der Waals surface area contributed by atoms with Crippen molar-refractivity contribution in [3.05, 3.63) is 0 Å². The molecule has 0 aromatic rings. The quantitative estimate of drug-likeness (QED) is 0.825. The molecule has 18 heavy (non-hydrogen) atoms. The van der Waals surface area contributed by atoms with Gasteiger partial charge >= 0.3 is 0 Å². The zero-order valence-electron chi connectivity index (χ0n) is 11.4. The number of nitrogens with zero attached hydrogens (tertiary/aromatic N) is 2. The van der Waals surface area contributed by atoms with Crippen LogP contribution in [-0.2, 0) is 10.2 Å². The van der Waals surface area contributed by atoms with Crippen LogP contribution in [0.1, 0.15) is 39.0 Å². The largest absolute Gasteiger partial charge is 0.316 e. The van der Waals surface area contributed by atoms with Gasteiger partial charge in [0.25, 0.3) is 10.2 Å². The van der Waals surface area contributed by atoms with Gasteiger partial charge in [-0.1, -0.05) is 6.42 Å². The highest BCUT2D eigenvalue weighted by molar-refractivity contribution is 7.86. The summed E-state index contributed by atoms with van der Waals surface area (Å²) in [7, 11) is -1.34. The Bertz CT molecular complexity index is 366. The van der Waals surface area contributed by atoms with Crippen molar-refractivity contribution in [3.8, 4) is 0 Å². The lowest BCUT2D eigenvalue weighted by atomic mass is 9.99. The van der Waals surface area contributed by atoms with Crippen LogP contribution in [0.5, 0.6) is 0 Å². The molecule has 0 aromatic carbocycles. The lowest BCUT2D eigenvalue weighted by molar-refractivity contribution is 0.201. The Balaban J connectivity index is 2.17. The normalized spacial score (nSPS) is 29.6. The van der Waals surface area contributed by atoms with E-state index in [1.54, 1.807) is 8.61 Å². The molecule has 0 aliphatic carbocycles. The van der Waals surface area contributed by atoms with Crippen molar-refractivity contribution in [1.82, 2.24) is 13.9 Å². The third-order valence-electron chi connectivity index (χ3n) is 4.22. The van der Waals surface area contributed by atoms with E-state index in [1.807, 2.05) is 7.05 Å². The minimum Gasteiger partial charge on any atom is -0.316 e. The topological polar surface area (TPSA) is 52.7 Å². The van der Waals surface area contributed by atoms with E-state index >= 15 is 0 Å². The third-order valence-corrected chi connectivity index (χ3v) is 6.28. The predicted octanol–water partition coefficient (Wildman–Crippen LogP) is 0.789. The average Bonchev–Trinajstić information content (AvgIpc) is 2.92. The first-order valence-corrected chi connectivity index (χ1v) is 8.41. The number of piperidine rings is 1. The number of likely N-dealkylation sites (N-methyl/N-ethyl adjacent to an activating group) is 1. The molecule has 6 heteroatoms. The predicted molar refractivity (Wildman–Crippen MR) is 72.6 cm³/mol. The SMILES string of the molecule is CNC(C)C1CCCCN1S(=O)(=O)N1CCCC1. The van der Waals surface area contributed by atoms with Crippen molar-refractivity contribution in [2.24, 2.45) is 0 Å². The van der Waals surface area contributed by atoms with Crippen LogP contribution in [0.3, 0.4) is 0 Å². The molecule has 0 radical (unpaired) electrons. The molecule has 5 nitrogen and oxygen atoms in total. The molecule has 106 valence electrons. The fourth-order valence-electron chi connectivity index (χ4n) is 2.98. The summed E-state index contributed by atoms with van der Waals surface area (Å²) in [6.07, 6.45) is 5.08. The fraction of sp³-hybridized carbons (Fsp3) is 1.00. The monoisotopic (exact) mass is 275 g/mol. The first-order chi connectivity index (χ1) is 8.57. The standard InChI is InChI=1S/C12H25N3O2S/c1-11(13-2)12-7-3-4-10-15(12)18(16,17)14-8-5-6-9-14/h11-13H,3-10H2,1-2H3. The lowest BCUT2D eigenvalue weighted by Crippen LogP contribution is -2.55. The molecule has 0 bridgehead atoms. The van der Waals surface area contributed by atoms with Gasteiger partial charge < -0.3 is 5.32 Å². The van der Waals surface area contributed by atoms with E-state index in [9.17, 15) is 8.42 Å². The van der Waals surface area contributed by atoms with Crippen LogP contribution in [0, 0.1) is 0 Å². The van der Waals surface area contributed by atoms with Gasteiger partial charge in [-0.05, 0) is 39.7 Å². The van der Waals surface area contributed by atoms with Crippen LogP contribution in [-0.4, -0.2) is 55.8 Å². The molecule has 1 N–H and O–H groups in total. The third kappa shape index (κ3) is 2.71. The van der Waals surface area contributed by atoms with E-state index < -0.39 is 10.2 Å². The first-order valence-electron chi connectivity index (χ1n) is 7.01. The minimum atomic E-state index is -3.24. The molecule has 0 aromatic heterocycles. The highest BCUT2D eigenvalue weighted by atomic mass is 32.2. The van der Waals surface area contributed by atoms with Gasteiger partial charge in [-0.3, -0.25) is 0 Å². The fourth-order valence-corrected chi connectivity index (χ4v) is 4.98. The molecule has 2 unspecified atom stereocenters. The van der Waals surface area contributed by atoms with Crippen molar-refractivity contribution >= 4 is 10.2 Å². The highest BCUT2D eigenvalue weighted by Crippen LogP contribution is 2.26. The zero-order chi connectivity index (χ0) is 13.2. The number of hydrogen-bond acceptors (Lipinski definition) is 3. The van der Waals surface area contributed by atoms with Crippen LogP contribution < -0.4 is 5.32 Å². The van der Waals surface area contributed by atoms with Gasteiger partial charge in [0.05, 0.1) is 0 Å². The second-order valence-electron chi connectivity index (χ2n) is 5.37. The van der Waals surface area contributed by atoms with Crippen molar-refractivity contribution in [1.29, 1.82) is 0 Å². The molecule has 0 amide bonds. The summed E-state index contributed by atoms with van der Waals surface area (Å²) in [6, 6.07) is 0.317. The molecule has 2 rings (SSSR count). The van der Waals surface area contributed by atoms with Crippen molar-refractivity contribution in [2.75, 3.05) is 26.7 Å². The molecule has 0 spiro atoms. The Kier molecular flexibility index (Phi) is 4.64. The lowest BCUT2D eigenvalue weighted by Gasteiger charge is -2.39.